The lowest BCUT2D eigenvalue weighted by Gasteiger charge is -2.49. The van der Waals surface area contributed by atoms with E-state index in [1.165, 1.54) is 0 Å². The van der Waals surface area contributed by atoms with Crippen LogP contribution < -0.4 is 0 Å². The number of hydrogen-bond acceptors (Lipinski definition) is 0. The highest BCUT2D eigenvalue weighted by atomic mass is 19.3. The van der Waals surface area contributed by atoms with Crippen LogP contribution in [0.2, 0.25) is 0 Å². The van der Waals surface area contributed by atoms with Crippen molar-refractivity contribution in [2.24, 2.45) is 0 Å². The summed E-state index contributed by atoms with van der Waals surface area (Å²) >= 11 is 0. The minimum Gasteiger partial charge on any atom is -0.196 e. The quantitative estimate of drug-likeness (QED) is 0.258. The molecule has 0 atom stereocenters. The van der Waals surface area contributed by atoms with Crippen molar-refractivity contribution in [3.63, 3.8) is 0 Å². The van der Waals surface area contributed by atoms with Crippen LogP contribution in [-0.4, -0.2) is 11.8 Å². The molecule has 0 aliphatic heterocycles. The van der Waals surface area contributed by atoms with E-state index in [0.717, 1.165) is 24.3 Å². The van der Waals surface area contributed by atoms with Gasteiger partial charge in [-0.2, -0.15) is 52.7 Å². The maximum absolute atomic E-state index is 15.4. The number of hydrogen-bond donors (Lipinski definition) is 0. The standard InChI is InChI=1S/C22H8F12/c23-17(24)9-5-1-2-6-10(9)18(25,26)14-13(17)21(31,32)15-16(22(14,33)34)20(29,30)12-8-4-3-7-11(12)19(15,27)28/h1-8H. The lowest BCUT2D eigenvalue weighted by Crippen LogP contribution is -2.57. The molecule has 5 rings (SSSR count). The normalized spacial score (nSPS) is 26.2. The van der Waals surface area contributed by atoms with Crippen molar-refractivity contribution in [3.8, 4) is 0 Å². The first-order valence-corrected chi connectivity index (χ1v) is 9.42. The molecule has 3 aliphatic rings. The third-order valence-electron chi connectivity index (χ3n) is 6.22. The van der Waals surface area contributed by atoms with Gasteiger partial charge < -0.3 is 0 Å². The summed E-state index contributed by atoms with van der Waals surface area (Å²) < 4.78 is 183. The van der Waals surface area contributed by atoms with Crippen molar-refractivity contribution in [2.75, 3.05) is 0 Å². The molecule has 0 nitrogen and oxygen atoms in total. The molecule has 0 unspecified atom stereocenters. The molecule has 2 aromatic carbocycles. The Hall–Kier alpha value is -2.92. The second kappa shape index (κ2) is 6.01. The number of halogens is 12. The largest absolute Gasteiger partial charge is 0.304 e. The first-order chi connectivity index (χ1) is 15.4. The fourth-order valence-corrected chi connectivity index (χ4v) is 4.89. The van der Waals surface area contributed by atoms with Gasteiger partial charge >= 0.3 is 35.5 Å². The summed E-state index contributed by atoms with van der Waals surface area (Å²) in [4.78, 5) is 0. The maximum Gasteiger partial charge on any atom is 0.304 e. The van der Waals surface area contributed by atoms with E-state index in [0.29, 0.717) is 0 Å². The SMILES string of the molecule is FC1(F)C2=C(C(F)(F)C3=C1C(F)(F)c1ccccc1C3(F)F)C(F)(F)c1ccccc1C2(F)F. The third kappa shape index (κ3) is 2.34. The first kappa shape index (κ1) is 22.9. The average molecular weight is 500 g/mol. The zero-order chi connectivity index (χ0) is 25.3. The summed E-state index contributed by atoms with van der Waals surface area (Å²) in [6.07, 6.45) is 0. The Morgan fingerprint density at radius 1 is 0.294 bits per heavy atom. The molecule has 0 fully saturated rings. The van der Waals surface area contributed by atoms with E-state index in [9.17, 15) is 0 Å². The van der Waals surface area contributed by atoms with Crippen LogP contribution in [0, 0.1) is 0 Å². The van der Waals surface area contributed by atoms with Gasteiger partial charge in [-0.3, -0.25) is 0 Å². The van der Waals surface area contributed by atoms with Crippen molar-refractivity contribution in [2.45, 2.75) is 35.5 Å². The van der Waals surface area contributed by atoms with Crippen LogP contribution in [-0.2, 0) is 23.7 Å². The van der Waals surface area contributed by atoms with E-state index < -0.39 is 80.1 Å². The van der Waals surface area contributed by atoms with Crippen LogP contribution in [0.1, 0.15) is 22.3 Å². The van der Waals surface area contributed by atoms with Gasteiger partial charge in [0, 0.05) is 22.3 Å². The average Bonchev–Trinajstić information content (AvgIpc) is 2.72. The highest BCUT2D eigenvalue weighted by molar-refractivity contribution is 5.67. The van der Waals surface area contributed by atoms with Gasteiger partial charge in [0.05, 0.1) is 22.3 Å². The summed E-state index contributed by atoms with van der Waals surface area (Å²) in [6, 6.07) is 3.86. The smallest absolute Gasteiger partial charge is 0.196 e. The molecule has 3 aliphatic carbocycles. The topological polar surface area (TPSA) is 0 Å². The molecule has 0 radical (unpaired) electrons. The van der Waals surface area contributed by atoms with Crippen molar-refractivity contribution in [1.82, 2.24) is 0 Å². The molecule has 0 spiro atoms. The van der Waals surface area contributed by atoms with Gasteiger partial charge in [0.15, 0.2) is 0 Å². The number of allylic oxidation sites excluding steroid dienone is 4. The van der Waals surface area contributed by atoms with Crippen LogP contribution in [0.4, 0.5) is 52.7 Å². The lowest BCUT2D eigenvalue weighted by molar-refractivity contribution is -0.138. The molecule has 0 amide bonds. The van der Waals surface area contributed by atoms with Gasteiger partial charge in [0.2, 0.25) is 0 Å². The van der Waals surface area contributed by atoms with Crippen LogP contribution >= 0.6 is 0 Å². The van der Waals surface area contributed by atoms with Crippen LogP contribution in [0.3, 0.4) is 0 Å². The highest BCUT2D eigenvalue weighted by Gasteiger charge is 2.78. The summed E-state index contributed by atoms with van der Waals surface area (Å²) in [5.41, 5.74) is -20.6. The summed E-state index contributed by atoms with van der Waals surface area (Å²) in [7, 11) is 0. The highest BCUT2D eigenvalue weighted by Crippen LogP contribution is 2.71. The van der Waals surface area contributed by atoms with Gasteiger partial charge in [0.25, 0.3) is 0 Å². The van der Waals surface area contributed by atoms with Crippen molar-refractivity contribution in [1.29, 1.82) is 0 Å². The van der Waals surface area contributed by atoms with Gasteiger partial charge in [-0.1, -0.05) is 48.5 Å². The van der Waals surface area contributed by atoms with Gasteiger partial charge in [-0.25, -0.2) is 0 Å². The van der Waals surface area contributed by atoms with Gasteiger partial charge in [-0.05, 0) is 0 Å². The molecule has 0 N–H and O–H groups in total. The molecule has 0 saturated carbocycles. The predicted molar refractivity (Wildman–Crippen MR) is 92.4 cm³/mol. The van der Waals surface area contributed by atoms with E-state index in [1.807, 2.05) is 0 Å². The van der Waals surface area contributed by atoms with Crippen LogP contribution in [0.5, 0.6) is 0 Å². The number of alkyl halides is 12. The van der Waals surface area contributed by atoms with Crippen LogP contribution in [0.25, 0.3) is 0 Å². The van der Waals surface area contributed by atoms with Gasteiger partial charge in [0.1, 0.15) is 0 Å². The Bertz CT molecular complexity index is 1120. The lowest BCUT2D eigenvalue weighted by atomic mass is 9.64. The number of fused-ring (bicyclic) bond motifs is 2. The summed E-state index contributed by atoms with van der Waals surface area (Å²) in [5.74, 6) is -33.3. The molecule has 0 saturated heterocycles. The third-order valence-corrected chi connectivity index (χ3v) is 6.22. The molecule has 2 aromatic rings. The fraction of sp³-hybridized carbons (Fsp3) is 0.273. The fourth-order valence-electron chi connectivity index (χ4n) is 4.89. The van der Waals surface area contributed by atoms with Crippen molar-refractivity contribution in [3.05, 3.63) is 93.1 Å². The van der Waals surface area contributed by atoms with E-state index in [-0.39, 0.29) is 24.3 Å². The molecule has 180 valence electrons. The Labute approximate surface area is 182 Å². The zero-order valence-corrected chi connectivity index (χ0v) is 16.2. The monoisotopic (exact) mass is 500 g/mol. The van der Waals surface area contributed by atoms with Gasteiger partial charge in [-0.15, -0.1) is 0 Å². The molecule has 0 bridgehead atoms. The Kier molecular flexibility index (Phi) is 4.04. The second-order valence-electron chi connectivity index (χ2n) is 8.04. The van der Waals surface area contributed by atoms with E-state index in [4.69, 9.17) is 0 Å². The molecule has 34 heavy (non-hydrogen) atoms. The summed E-state index contributed by atoms with van der Waals surface area (Å²) in [6.45, 7) is 0. The second-order valence-corrected chi connectivity index (χ2v) is 8.04. The van der Waals surface area contributed by atoms with E-state index in [1.54, 1.807) is 0 Å². The molecular formula is C22H8F12. The molecular weight excluding hydrogens is 492 g/mol. The number of benzene rings is 2. The Balaban J connectivity index is 1.95. The zero-order valence-electron chi connectivity index (χ0n) is 16.2. The van der Waals surface area contributed by atoms with E-state index >= 15 is 52.7 Å². The Morgan fingerprint density at radius 2 is 0.471 bits per heavy atom. The Morgan fingerprint density at radius 3 is 0.647 bits per heavy atom. The number of rotatable bonds is 0. The maximum atomic E-state index is 15.4. The molecule has 0 heterocycles. The molecule has 12 heteroatoms. The van der Waals surface area contributed by atoms with E-state index in [2.05, 4.69) is 0 Å². The van der Waals surface area contributed by atoms with Crippen molar-refractivity contribution < 1.29 is 52.7 Å². The predicted octanol–water partition coefficient (Wildman–Crippen LogP) is 7.66. The molecule has 0 aromatic heterocycles. The van der Waals surface area contributed by atoms with Crippen molar-refractivity contribution >= 4 is 0 Å². The summed E-state index contributed by atoms with van der Waals surface area (Å²) in [5, 5.41) is 0. The first-order valence-electron chi connectivity index (χ1n) is 9.42. The minimum absolute atomic E-state index is 0.244. The van der Waals surface area contributed by atoms with Crippen LogP contribution in [0.15, 0.2) is 70.8 Å². The minimum atomic E-state index is -5.99.